The molecule has 1 rings (SSSR count). The molecule has 1 aromatic carbocycles. The van der Waals surface area contributed by atoms with Gasteiger partial charge in [-0.25, -0.2) is 8.78 Å². The van der Waals surface area contributed by atoms with E-state index in [9.17, 15) is 8.78 Å². The van der Waals surface area contributed by atoms with Gasteiger partial charge in [0, 0.05) is 25.2 Å². The first-order valence-electron chi connectivity index (χ1n) is 5.34. The molecule has 1 aromatic rings. The summed E-state index contributed by atoms with van der Waals surface area (Å²) in [5.74, 6) is -2.90. The molecule has 2 nitrogen and oxygen atoms in total. The molecular formula is C13H15ClF2N2. The summed E-state index contributed by atoms with van der Waals surface area (Å²) in [7, 11) is 1.56. The maximum Gasteiger partial charge on any atom is 0.270 e. The average Bonchev–Trinajstić information content (AvgIpc) is 2.29. The van der Waals surface area contributed by atoms with Crippen LogP contribution in [0.5, 0.6) is 0 Å². The topological polar surface area (TPSA) is 38.4 Å². The molecule has 0 atom stereocenters. The van der Waals surface area contributed by atoms with Crippen LogP contribution >= 0.6 is 11.6 Å². The third-order valence-electron chi connectivity index (χ3n) is 2.49. The molecule has 0 aliphatic rings. The van der Waals surface area contributed by atoms with Gasteiger partial charge in [-0.3, -0.25) is 4.99 Å². The molecule has 0 saturated carbocycles. The van der Waals surface area contributed by atoms with Crippen molar-refractivity contribution in [3.05, 3.63) is 34.9 Å². The van der Waals surface area contributed by atoms with Crippen molar-refractivity contribution in [2.45, 2.75) is 19.8 Å². The first-order valence-corrected chi connectivity index (χ1v) is 5.72. The number of benzene rings is 1. The lowest BCUT2D eigenvalue weighted by Crippen LogP contribution is -2.07. The van der Waals surface area contributed by atoms with Gasteiger partial charge in [0.15, 0.2) is 0 Å². The molecular weight excluding hydrogens is 258 g/mol. The quantitative estimate of drug-likeness (QED) is 0.654. The molecule has 0 aliphatic heterocycles. The number of hydrogen-bond acceptors (Lipinski definition) is 2. The molecule has 0 aromatic heterocycles. The molecule has 0 saturated heterocycles. The number of nitrogens with zero attached hydrogens (tertiary/aromatic N) is 1. The summed E-state index contributed by atoms with van der Waals surface area (Å²) in [6, 6.07) is 4.14. The summed E-state index contributed by atoms with van der Waals surface area (Å²) in [6.07, 6.45) is 1.64. The third-order valence-corrected chi connectivity index (χ3v) is 2.95. The molecule has 98 valence electrons. The zero-order valence-corrected chi connectivity index (χ0v) is 11.2. The van der Waals surface area contributed by atoms with Crippen molar-refractivity contribution in [1.82, 2.24) is 0 Å². The van der Waals surface area contributed by atoms with E-state index < -0.39 is 5.92 Å². The molecule has 2 N–H and O–H groups in total. The van der Waals surface area contributed by atoms with Crippen molar-refractivity contribution in [2.75, 3.05) is 12.8 Å². The fourth-order valence-corrected chi connectivity index (χ4v) is 1.50. The van der Waals surface area contributed by atoms with E-state index in [1.807, 2.05) is 0 Å². The Kier molecular flexibility index (Phi) is 4.46. The molecule has 18 heavy (non-hydrogen) atoms. The minimum Gasteiger partial charge on any atom is -0.398 e. The van der Waals surface area contributed by atoms with Gasteiger partial charge in [-0.15, -0.1) is 0 Å². The van der Waals surface area contributed by atoms with Crippen LogP contribution in [-0.4, -0.2) is 12.2 Å². The zero-order valence-electron chi connectivity index (χ0n) is 10.5. The zero-order chi connectivity index (χ0) is 13.9. The lowest BCUT2D eigenvalue weighted by Gasteiger charge is -2.12. The van der Waals surface area contributed by atoms with Gasteiger partial charge in [-0.05, 0) is 36.3 Å². The highest BCUT2D eigenvalue weighted by Gasteiger charge is 2.24. The van der Waals surface area contributed by atoms with Crippen LogP contribution in [-0.2, 0) is 5.92 Å². The summed E-state index contributed by atoms with van der Waals surface area (Å²) in [5.41, 5.74) is 7.26. The van der Waals surface area contributed by atoms with Crippen molar-refractivity contribution < 1.29 is 8.78 Å². The maximum absolute atomic E-state index is 13.2. The number of nitrogens with two attached hydrogens (primary N) is 1. The van der Waals surface area contributed by atoms with Crippen LogP contribution in [0.15, 0.2) is 28.8 Å². The third kappa shape index (κ3) is 3.53. The van der Waals surface area contributed by atoms with Crippen molar-refractivity contribution in [1.29, 1.82) is 0 Å². The first kappa shape index (κ1) is 14.6. The van der Waals surface area contributed by atoms with E-state index in [-0.39, 0.29) is 5.56 Å². The molecule has 0 heterocycles. The van der Waals surface area contributed by atoms with E-state index in [0.29, 0.717) is 22.0 Å². The van der Waals surface area contributed by atoms with E-state index in [4.69, 9.17) is 17.3 Å². The van der Waals surface area contributed by atoms with Gasteiger partial charge in [0.25, 0.3) is 5.92 Å². The first-order chi connectivity index (χ1) is 8.25. The highest BCUT2D eigenvalue weighted by Crippen LogP contribution is 2.30. The second-order valence-corrected chi connectivity index (χ2v) is 4.43. The van der Waals surface area contributed by atoms with Crippen LogP contribution < -0.4 is 5.73 Å². The number of anilines is 1. The van der Waals surface area contributed by atoms with Gasteiger partial charge in [0.05, 0.1) is 0 Å². The monoisotopic (exact) mass is 272 g/mol. The van der Waals surface area contributed by atoms with Crippen molar-refractivity contribution >= 4 is 28.5 Å². The number of aliphatic imine (C=N–C) groups is 1. The van der Waals surface area contributed by atoms with Crippen LogP contribution in [0, 0.1) is 0 Å². The Morgan fingerprint density at radius 3 is 2.56 bits per heavy atom. The Morgan fingerprint density at radius 2 is 2.06 bits per heavy atom. The van der Waals surface area contributed by atoms with Crippen LogP contribution in [0.2, 0.25) is 0 Å². The standard InChI is InChI=1S/C13H15ClF2N2/c1-8(12(14)18-3)6-9-7-10(13(2,15)16)4-5-11(9)17/h4-7H,17H2,1-3H3/b8-6+,18-12?. The fourth-order valence-electron chi connectivity index (χ4n) is 1.44. The second kappa shape index (κ2) is 5.48. The molecule has 5 heteroatoms. The summed E-state index contributed by atoms with van der Waals surface area (Å²) in [5, 5.41) is 0.322. The summed E-state index contributed by atoms with van der Waals surface area (Å²) < 4.78 is 26.4. The highest BCUT2D eigenvalue weighted by molar-refractivity contribution is 6.69. The lowest BCUT2D eigenvalue weighted by molar-refractivity contribution is 0.0175. The molecule has 0 bridgehead atoms. The largest absolute Gasteiger partial charge is 0.398 e. The predicted molar refractivity (Wildman–Crippen MR) is 73.3 cm³/mol. The normalized spacial score (nSPS) is 13.9. The van der Waals surface area contributed by atoms with E-state index in [1.54, 1.807) is 20.0 Å². The maximum atomic E-state index is 13.2. The van der Waals surface area contributed by atoms with Crippen LogP contribution in [0.4, 0.5) is 14.5 Å². The van der Waals surface area contributed by atoms with Crippen molar-refractivity contribution in [3.8, 4) is 0 Å². The molecule has 0 aliphatic carbocycles. The average molecular weight is 273 g/mol. The number of alkyl halides is 2. The Balaban J connectivity index is 3.25. The van der Waals surface area contributed by atoms with Gasteiger partial charge >= 0.3 is 0 Å². The minimum absolute atomic E-state index is 0.0830. The number of hydrogen-bond donors (Lipinski definition) is 1. The molecule has 0 radical (unpaired) electrons. The number of halogens is 3. The number of nitrogen functional groups attached to an aromatic ring is 1. The molecule has 0 spiro atoms. The second-order valence-electron chi connectivity index (χ2n) is 4.07. The molecule has 0 unspecified atom stereocenters. The van der Waals surface area contributed by atoms with Crippen LogP contribution in [0.3, 0.4) is 0 Å². The number of rotatable bonds is 3. The summed E-state index contributed by atoms with van der Waals surface area (Å²) >= 11 is 5.84. The van der Waals surface area contributed by atoms with Gasteiger partial charge in [-0.2, -0.15) is 0 Å². The van der Waals surface area contributed by atoms with E-state index in [1.165, 1.54) is 18.2 Å². The lowest BCUT2D eigenvalue weighted by atomic mass is 10.0. The minimum atomic E-state index is -2.90. The Morgan fingerprint density at radius 1 is 1.44 bits per heavy atom. The van der Waals surface area contributed by atoms with Gasteiger partial charge in [0.2, 0.25) is 0 Å². The van der Waals surface area contributed by atoms with Gasteiger partial charge < -0.3 is 5.73 Å². The van der Waals surface area contributed by atoms with E-state index in [2.05, 4.69) is 4.99 Å². The van der Waals surface area contributed by atoms with Gasteiger partial charge in [-0.1, -0.05) is 17.7 Å². The van der Waals surface area contributed by atoms with E-state index in [0.717, 1.165) is 6.92 Å². The van der Waals surface area contributed by atoms with Crippen LogP contribution in [0.1, 0.15) is 25.0 Å². The van der Waals surface area contributed by atoms with Crippen molar-refractivity contribution in [2.24, 2.45) is 4.99 Å². The van der Waals surface area contributed by atoms with Crippen LogP contribution in [0.25, 0.3) is 6.08 Å². The Hall–Kier alpha value is -1.42. The smallest absolute Gasteiger partial charge is 0.270 e. The van der Waals surface area contributed by atoms with E-state index >= 15 is 0 Å². The number of allylic oxidation sites excluding steroid dienone is 1. The molecule has 0 amide bonds. The Bertz CT molecular complexity index is 502. The predicted octanol–water partition coefficient (Wildman–Crippen LogP) is 4.05. The summed E-state index contributed by atoms with van der Waals surface area (Å²) in [6.45, 7) is 2.59. The fraction of sp³-hybridized carbons (Fsp3) is 0.308. The highest BCUT2D eigenvalue weighted by atomic mass is 35.5. The molecule has 0 fully saturated rings. The summed E-state index contributed by atoms with van der Waals surface area (Å²) in [4.78, 5) is 3.81. The Labute approximate surface area is 110 Å². The van der Waals surface area contributed by atoms with Gasteiger partial charge in [0.1, 0.15) is 5.17 Å². The van der Waals surface area contributed by atoms with Crippen molar-refractivity contribution in [3.63, 3.8) is 0 Å². The SMILES string of the molecule is CN=C(Cl)/C(C)=C/c1cc(C(C)(F)F)ccc1N.